The van der Waals surface area contributed by atoms with E-state index >= 15 is 0 Å². The molecule has 0 spiro atoms. The molecule has 0 heterocycles. The second-order valence-electron chi connectivity index (χ2n) is 7.52. The van der Waals surface area contributed by atoms with Gasteiger partial charge in [-0.1, -0.05) is 62.8 Å². The summed E-state index contributed by atoms with van der Waals surface area (Å²) in [5.41, 5.74) is 3.66. The van der Waals surface area contributed by atoms with E-state index < -0.39 is 5.92 Å². The fraction of sp³-hybridized carbons (Fsp3) is 0.476. The number of hydrogen-bond donors (Lipinski definition) is 0. The minimum atomic E-state index is -2.85. The SMILES string of the molecule is C=C(C)C/C(=C/C(=NC)C(C)(C)C)Cc1ccccc1C(C)(F)F. The van der Waals surface area contributed by atoms with Crippen molar-refractivity contribution in [1.82, 2.24) is 0 Å². The molecule has 1 aromatic rings. The van der Waals surface area contributed by atoms with E-state index in [1.54, 1.807) is 19.2 Å². The van der Waals surface area contributed by atoms with Crippen LogP contribution in [0.1, 0.15) is 52.2 Å². The molecule has 0 aromatic heterocycles. The molecule has 0 aliphatic rings. The van der Waals surface area contributed by atoms with Crippen molar-refractivity contribution in [2.45, 2.75) is 53.4 Å². The molecule has 0 N–H and O–H groups in total. The van der Waals surface area contributed by atoms with Gasteiger partial charge in [0, 0.05) is 30.7 Å². The van der Waals surface area contributed by atoms with E-state index in [9.17, 15) is 8.78 Å². The van der Waals surface area contributed by atoms with Crippen LogP contribution in [0.4, 0.5) is 8.78 Å². The molecule has 0 unspecified atom stereocenters. The highest BCUT2D eigenvalue weighted by molar-refractivity contribution is 5.99. The summed E-state index contributed by atoms with van der Waals surface area (Å²) in [6.45, 7) is 13.2. The highest BCUT2D eigenvalue weighted by Crippen LogP contribution is 2.32. The highest BCUT2D eigenvalue weighted by atomic mass is 19.3. The van der Waals surface area contributed by atoms with Gasteiger partial charge in [0.05, 0.1) is 0 Å². The Bertz CT molecular complexity index is 641. The van der Waals surface area contributed by atoms with Gasteiger partial charge in [0.15, 0.2) is 0 Å². The van der Waals surface area contributed by atoms with E-state index in [0.29, 0.717) is 18.4 Å². The van der Waals surface area contributed by atoms with Gasteiger partial charge in [-0.05, 0) is 31.4 Å². The van der Waals surface area contributed by atoms with Crippen LogP contribution in [0.2, 0.25) is 0 Å². The van der Waals surface area contributed by atoms with Crippen LogP contribution in [0, 0.1) is 5.41 Å². The summed E-state index contributed by atoms with van der Waals surface area (Å²) < 4.78 is 27.8. The first-order valence-corrected chi connectivity index (χ1v) is 8.22. The first-order valence-electron chi connectivity index (χ1n) is 8.22. The fourth-order valence-corrected chi connectivity index (χ4v) is 2.71. The van der Waals surface area contributed by atoms with E-state index in [4.69, 9.17) is 0 Å². The number of nitrogens with zero attached hydrogens (tertiary/aromatic N) is 1. The molecule has 0 radical (unpaired) electrons. The standard InChI is InChI=1S/C21H29F2N/c1-15(2)12-16(14-19(24-7)20(3,4)5)13-17-10-8-9-11-18(17)21(6,22)23/h8-11,14H,1,12-13H2,2-7H3/b16-14-,24-19?. The lowest BCUT2D eigenvalue weighted by atomic mass is 9.86. The summed E-state index contributed by atoms with van der Waals surface area (Å²) in [5, 5.41) is 0. The second kappa shape index (κ2) is 7.87. The van der Waals surface area contributed by atoms with Gasteiger partial charge >= 0.3 is 0 Å². The Morgan fingerprint density at radius 3 is 2.21 bits per heavy atom. The molecule has 1 rings (SSSR count). The Morgan fingerprint density at radius 1 is 1.17 bits per heavy atom. The molecule has 0 amide bonds. The molecule has 0 fully saturated rings. The summed E-state index contributed by atoms with van der Waals surface area (Å²) >= 11 is 0. The first kappa shape index (κ1) is 20.3. The fourth-order valence-electron chi connectivity index (χ4n) is 2.71. The van der Waals surface area contributed by atoms with Gasteiger partial charge in [-0.2, -0.15) is 0 Å². The number of rotatable bonds is 6. The Kier molecular flexibility index (Phi) is 6.65. The van der Waals surface area contributed by atoms with Crippen molar-refractivity contribution in [3.05, 3.63) is 59.2 Å². The van der Waals surface area contributed by atoms with Crippen LogP contribution in [0.15, 0.2) is 53.1 Å². The van der Waals surface area contributed by atoms with Crippen LogP contribution in [-0.2, 0) is 12.3 Å². The molecule has 0 aliphatic carbocycles. The number of halogens is 2. The zero-order valence-corrected chi connectivity index (χ0v) is 15.7. The molecule has 0 aliphatic heterocycles. The van der Waals surface area contributed by atoms with Crippen LogP contribution >= 0.6 is 0 Å². The Morgan fingerprint density at radius 2 is 1.75 bits per heavy atom. The summed E-state index contributed by atoms with van der Waals surface area (Å²) in [4.78, 5) is 4.38. The van der Waals surface area contributed by atoms with Gasteiger partial charge in [0.2, 0.25) is 0 Å². The zero-order chi connectivity index (χ0) is 18.5. The van der Waals surface area contributed by atoms with Gasteiger partial charge in [0.25, 0.3) is 5.92 Å². The summed E-state index contributed by atoms with van der Waals surface area (Å²) in [6, 6.07) is 6.75. The summed E-state index contributed by atoms with van der Waals surface area (Å²) in [6.07, 6.45) is 3.19. The molecule has 0 bridgehead atoms. The molecular formula is C21H29F2N. The molecule has 3 heteroatoms. The third kappa shape index (κ3) is 6.03. The topological polar surface area (TPSA) is 12.4 Å². The highest BCUT2D eigenvalue weighted by Gasteiger charge is 2.27. The van der Waals surface area contributed by atoms with E-state index in [2.05, 4.69) is 32.3 Å². The van der Waals surface area contributed by atoms with Crippen molar-refractivity contribution in [3.63, 3.8) is 0 Å². The predicted octanol–water partition coefficient (Wildman–Crippen LogP) is 6.35. The Labute approximate surface area is 145 Å². The third-order valence-corrected chi connectivity index (χ3v) is 3.79. The quantitative estimate of drug-likeness (QED) is 0.425. The normalized spacial score (nSPS) is 14.0. The summed E-state index contributed by atoms with van der Waals surface area (Å²) in [7, 11) is 1.77. The van der Waals surface area contributed by atoms with Crippen molar-refractivity contribution in [2.24, 2.45) is 10.4 Å². The second-order valence-corrected chi connectivity index (χ2v) is 7.52. The van der Waals surface area contributed by atoms with Crippen LogP contribution in [0.25, 0.3) is 0 Å². The molecule has 1 aromatic carbocycles. The lowest BCUT2D eigenvalue weighted by molar-refractivity contribution is 0.0166. The molecule has 24 heavy (non-hydrogen) atoms. The van der Waals surface area contributed by atoms with Crippen molar-refractivity contribution in [1.29, 1.82) is 0 Å². The number of allylic oxidation sites excluding steroid dienone is 3. The van der Waals surface area contributed by atoms with Crippen molar-refractivity contribution in [3.8, 4) is 0 Å². The Balaban J connectivity index is 3.29. The average Bonchev–Trinajstić information content (AvgIpc) is 2.42. The van der Waals surface area contributed by atoms with Crippen LogP contribution < -0.4 is 0 Å². The smallest absolute Gasteiger partial charge is 0.270 e. The van der Waals surface area contributed by atoms with E-state index in [0.717, 1.165) is 23.8 Å². The van der Waals surface area contributed by atoms with Crippen molar-refractivity contribution < 1.29 is 8.78 Å². The van der Waals surface area contributed by atoms with Gasteiger partial charge in [-0.15, -0.1) is 0 Å². The maximum absolute atomic E-state index is 13.9. The lowest BCUT2D eigenvalue weighted by Crippen LogP contribution is -2.19. The monoisotopic (exact) mass is 333 g/mol. The summed E-state index contributed by atoms with van der Waals surface area (Å²) in [5.74, 6) is -2.85. The van der Waals surface area contributed by atoms with Crippen LogP contribution in [0.5, 0.6) is 0 Å². The van der Waals surface area contributed by atoms with E-state index in [-0.39, 0.29) is 11.0 Å². The van der Waals surface area contributed by atoms with E-state index in [1.807, 2.05) is 19.1 Å². The van der Waals surface area contributed by atoms with Gasteiger partial charge in [0.1, 0.15) is 0 Å². The van der Waals surface area contributed by atoms with E-state index in [1.165, 1.54) is 6.07 Å². The van der Waals surface area contributed by atoms with Gasteiger partial charge in [-0.25, -0.2) is 8.78 Å². The molecule has 0 saturated carbocycles. The Hall–Kier alpha value is -1.77. The zero-order valence-electron chi connectivity index (χ0n) is 15.7. The lowest BCUT2D eigenvalue weighted by Gasteiger charge is -2.21. The minimum absolute atomic E-state index is 0.0864. The molecule has 1 nitrogen and oxygen atoms in total. The minimum Gasteiger partial charge on any atom is -0.293 e. The van der Waals surface area contributed by atoms with Crippen LogP contribution in [-0.4, -0.2) is 12.8 Å². The molecule has 0 saturated heterocycles. The number of aliphatic imine (C=N–C) groups is 1. The number of hydrogen-bond acceptors (Lipinski definition) is 1. The molecular weight excluding hydrogens is 304 g/mol. The molecule has 0 atom stereocenters. The maximum Gasteiger partial charge on any atom is 0.270 e. The van der Waals surface area contributed by atoms with Crippen LogP contribution in [0.3, 0.4) is 0 Å². The first-order chi connectivity index (χ1) is 10.9. The van der Waals surface area contributed by atoms with Gasteiger partial charge in [-0.3, -0.25) is 4.99 Å². The average molecular weight is 333 g/mol. The van der Waals surface area contributed by atoms with Crippen molar-refractivity contribution in [2.75, 3.05) is 7.05 Å². The number of benzene rings is 1. The van der Waals surface area contributed by atoms with Gasteiger partial charge < -0.3 is 0 Å². The third-order valence-electron chi connectivity index (χ3n) is 3.79. The predicted molar refractivity (Wildman–Crippen MR) is 100 cm³/mol. The van der Waals surface area contributed by atoms with Crippen molar-refractivity contribution >= 4 is 5.71 Å². The maximum atomic E-state index is 13.9. The number of alkyl halides is 2. The molecule has 132 valence electrons. The largest absolute Gasteiger partial charge is 0.293 e.